The minimum absolute atomic E-state index is 0.0594. The van der Waals surface area contributed by atoms with Crippen LogP contribution < -0.4 is 11.3 Å². The molecule has 0 aromatic carbocycles. The lowest BCUT2D eigenvalue weighted by Gasteiger charge is -2.25. The number of likely N-dealkylation sites (N-methyl/N-ethyl adjacent to an activating group) is 1. The van der Waals surface area contributed by atoms with Gasteiger partial charge >= 0.3 is 0 Å². The molecule has 1 rings (SSSR count). The summed E-state index contributed by atoms with van der Waals surface area (Å²) in [4.78, 5) is 26.0. The van der Waals surface area contributed by atoms with Gasteiger partial charge in [-0.2, -0.15) is 0 Å². The van der Waals surface area contributed by atoms with E-state index in [9.17, 15) is 9.59 Å². The van der Waals surface area contributed by atoms with Crippen LogP contribution in [0, 0.1) is 6.92 Å². The molecule has 1 heterocycles. The maximum Gasteiger partial charge on any atom is 0.274 e. The Morgan fingerprint density at radius 1 is 1.39 bits per heavy atom. The van der Waals surface area contributed by atoms with Crippen LogP contribution in [0.2, 0.25) is 0 Å². The van der Waals surface area contributed by atoms with Crippen molar-refractivity contribution >= 4 is 11.6 Å². The fourth-order valence-electron chi connectivity index (χ4n) is 2.05. The van der Waals surface area contributed by atoms with Crippen LogP contribution in [0.4, 0.5) is 5.69 Å². The number of aromatic nitrogens is 1. The molecule has 1 atom stereocenters. The molecule has 0 saturated carbocycles. The first-order chi connectivity index (χ1) is 8.43. The molecule has 2 N–H and O–H groups in total. The summed E-state index contributed by atoms with van der Waals surface area (Å²) in [5.41, 5.74) is 6.21. The van der Waals surface area contributed by atoms with E-state index in [1.807, 2.05) is 13.8 Å². The van der Waals surface area contributed by atoms with Crippen molar-refractivity contribution in [3.63, 3.8) is 0 Å². The summed E-state index contributed by atoms with van der Waals surface area (Å²) in [6, 6.07) is 2.80. The number of aryl methyl sites for hydroxylation is 1. The van der Waals surface area contributed by atoms with E-state index in [4.69, 9.17) is 5.73 Å². The van der Waals surface area contributed by atoms with Crippen LogP contribution in [-0.4, -0.2) is 28.5 Å². The number of rotatable bonds is 4. The van der Waals surface area contributed by atoms with Crippen LogP contribution in [0.15, 0.2) is 16.9 Å². The van der Waals surface area contributed by atoms with Gasteiger partial charge in [-0.15, -0.1) is 0 Å². The van der Waals surface area contributed by atoms with E-state index < -0.39 is 6.04 Å². The summed E-state index contributed by atoms with van der Waals surface area (Å²) in [5.74, 6) is -0.0594. The summed E-state index contributed by atoms with van der Waals surface area (Å²) in [5, 5.41) is 0. The summed E-state index contributed by atoms with van der Waals surface area (Å²) >= 11 is 0. The third-order valence-corrected chi connectivity index (χ3v) is 3.17. The SMILES string of the molecule is CCN(CC)C(=O)C(C)n1c(C)ccc(N)c1=O. The Kier molecular flexibility index (Phi) is 4.53. The highest BCUT2D eigenvalue weighted by molar-refractivity contribution is 5.80. The molecule has 0 aliphatic carbocycles. The zero-order valence-corrected chi connectivity index (χ0v) is 11.4. The van der Waals surface area contributed by atoms with Crippen molar-refractivity contribution in [3.8, 4) is 0 Å². The Morgan fingerprint density at radius 2 is 1.94 bits per heavy atom. The highest BCUT2D eigenvalue weighted by atomic mass is 16.2. The number of carbonyl (C=O) groups is 1. The second kappa shape index (κ2) is 5.71. The molecule has 0 bridgehead atoms. The van der Waals surface area contributed by atoms with Gasteiger partial charge in [0, 0.05) is 18.8 Å². The third-order valence-electron chi connectivity index (χ3n) is 3.17. The van der Waals surface area contributed by atoms with E-state index in [1.54, 1.807) is 30.9 Å². The Labute approximate surface area is 107 Å². The standard InChI is InChI=1S/C13H21N3O2/c1-5-15(6-2)12(17)10(4)16-9(3)7-8-11(14)13(16)18/h7-8,10H,5-6,14H2,1-4H3. The Hall–Kier alpha value is -1.78. The average molecular weight is 251 g/mol. The van der Waals surface area contributed by atoms with Gasteiger partial charge in [-0.05, 0) is 39.8 Å². The fourth-order valence-corrected chi connectivity index (χ4v) is 2.05. The third kappa shape index (κ3) is 2.55. The second-order valence-electron chi connectivity index (χ2n) is 4.29. The lowest BCUT2D eigenvalue weighted by atomic mass is 10.2. The zero-order chi connectivity index (χ0) is 13.9. The maximum atomic E-state index is 12.2. The summed E-state index contributed by atoms with van der Waals surface area (Å²) in [7, 11) is 0. The molecule has 0 aliphatic heterocycles. The molecule has 0 spiro atoms. The molecule has 18 heavy (non-hydrogen) atoms. The number of anilines is 1. The molecular formula is C13H21N3O2. The number of carbonyl (C=O) groups excluding carboxylic acids is 1. The first-order valence-corrected chi connectivity index (χ1v) is 6.20. The van der Waals surface area contributed by atoms with Gasteiger partial charge in [-0.25, -0.2) is 0 Å². The normalized spacial score (nSPS) is 12.2. The van der Waals surface area contributed by atoms with Crippen molar-refractivity contribution in [2.24, 2.45) is 0 Å². The van der Waals surface area contributed by atoms with Gasteiger partial charge in [0.1, 0.15) is 6.04 Å². The number of nitrogens with two attached hydrogens (primary N) is 1. The predicted octanol–water partition coefficient (Wildman–Crippen LogP) is 1.17. The van der Waals surface area contributed by atoms with Gasteiger partial charge < -0.3 is 10.6 Å². The van der Waals surface area contributed by atoms with Crippen LogP contribution >= 0.6 is 0 Å². The summed E-state index contributed by atoms with van der Waals surface area (Å²) in [6.07, 6.45) is 0. The summed E-state index contributed by atoms with van der Waals surface area (Å²) in [6.45, 7) is 8.64. The Morgan fingerprint density at radius 3 is 2.44 bits per heavy atom. The van der Waals surface area contributed by atoms with Crippen molar-refractivity contribution in [3.05, 3.63) is 28.2 Å². The quantitative estimate of drug-likeness (QED) is 0.873. The maximum absolute atomic E-state index is 12.2. The first kappa shape index (κ1) is 14.3. The molecule has 1 aromatic heterocycles. The molecule has 1 unspecified atom stereocenters. The predicted molar refractivity (Wildman–Crippen MR) is 72.5 cm³/mol. The van der Waals surface area contributed by atoms with Crippen molar-refractivity contribution in [2.75, 3.05) is 18.8 Å². The molecule has 0 saturated heterocycles. The Balaban J connectivity index is 3.19. The van der Waals surface area contributed by atoms with Crippen LogP contribution in [0.5, 0.6) is 0 Å². The lowest BCUT2D eigenvalue weighted by Crippen LogP contribution is -2.40. The zero-order valence-electron chi connectivity index (χ0n) is 11.4. The Bertz CT molecular complexity index is 489. The van der Waals surface area contributed by atoms with E-state index in [2.05, 4.69) is 0 Å². The van der Waals surface area contributed by atoms with Crippen LogP contribution in [0.25, 0.3) is 0 Å². The first-order valence-electron chi connectivity index (χ1n) is 6.20. The molecular weight excluding hydrogens is 230 g/mol. The van der Waals surface area contributed by atoms with E-state index in [0.29, 0.717) is 13.1 Å². The van der Waals surface area contributed by atoms with Gasteiger partial charge in [0.15, 0.2) is 0 Å². The van der Waals surface area contributed by atoms with Crippen molar-refractivity contribution in [2.45, 2.75) is 33.7 Å². The number of amides is 1. The lowest BCUT2D eigenvalue weighted by molar-refractivity contribution is -0.134. The van der Waals surface area contributed by atoms with Crippen molar-refractivity contribution in [1.29, 1.82) is 0 Å². The molecule has 0 aliphatic rings. The van der Waals surface area contributed by atoms with E-state index in [-0.39, 0.29) is 17.2 Å². The minimum Gasteiger partial charge on any atom is -0.394 e. The molecule has 0 fully saturated rings. The van der Waals surface area contributed by atoms with Crippen molar-refractivity contribution < 1.29 is 4.79 Å². The fraction of sp³-hybridized carbons (Fsp3) is 0.538. The van der Waals surface area contributed by atoms with E-state index >= 15 is 0 Å². The molecule has 1 aromatic rings. The molecule has 1 amide bonds. The molecule has 5 nitrogen and oxygen atoms in total. The van der Waals surface area contributed by atoms with Gasteiger partial charge in [-0.3, -0.25) is 14.2 Å². The topological polar surface area (TPSA) is 68.3 Å². The molecule has 0 radical (unpaired) electrons. The highest BCUT2D eigenvalue weighted by Gasteiger charge is 2.22. The van der Waals surface area contributed by atoms with Crippen LogP contribution in [-0.2, 0) is 4.79 Å². The number of pyridine rings is 1. The van der Waals surface area contributed by atoms with Crippen LogP contribution in [0.1, 0.15) is 32.5 Å². The van der Waals surface area contributed by atoms with Crippen molar-refractivity contribution in [1.82, 2.24) is 9.47 Å². The van der Waals surface area contributed by atoms with Gasteiger partial charge in [0.2, 0.25) is 5.91 Å². The summed E-state index contributed by atoms with van der Waals surface area (Å²) < 4.78 is 1.45. The van der Waals surface area contributed by atoms with E-state index in [1.165, 1.54) is 4.57 Å². The van der Waals surface area contributed by atoms with E-state index in [0.717, 1.165) is 5.69 Å². The number of nitrogen functional groups attached to an aromatic ring is 1. The molecule has 100 valence electrons. The van der Waals surface area contributed by atoms with Gasteiger partial charge in [0.05, 0.1) is 5.69 Å². The highest BCUT2D eigenvalue weighted by Crippen LogP contribution is 2.12. The second-order valence-corrected chi connectivity index (χ2v) is 4.29. The largest absolute Gasteiger partial charge is 0.394 e. The minimum atomic E-state index is -0.527. The number of nitrogens with zero attached hydrogens (tertiary/aromatic N) is 2. The number of hydrogen-bond acceptors (Lipinski definition) is 3. The monoisotopic (exact) mass is 251 g/mol. The van der Waals surface area contributed by atoms with Crippen LogP contribution in [0.3, 0.4) is 0 Å². The smallest absolute Gasteiger partial charge is 0.274 e. The molecule has 5 heteroatoms. The van der Waals surface area contributed by atoms with Gasteiger partial charge in [-0.1, -0.05) is 0 Å². The average Bonchev–Trinajstić information content (AvgIpc) is 2.35. The van der Waals surface area contributed by atoms with Gasteiger partial charge in [0.25, 0.3) is 5.56 Å². The number of hydrogen-bond donors (Lipinski definition) is 1.